The average Bonchev–Trinajstić information content (AvgIpc) is 3.28. The Morgan fingerprint density at radius 2 is 1.93 bits per heavy atom. The number of nitrogens with zero attached hydrogens (tertiary/aromatic N) is 1. The molecule has 1 aliphatic carbocycles. The minimum absolute atomic E-state index is 0.611. The van der Waals surface area contributed by atoms with Crippen molar-refractivity contribution in [2.75, 3.05) is 13.7 Å². The molecule has 1 aliphatic rings. The molecule has 1 aromatic heterocycles. The first kappa shape index (κ1) is 19.1. The zero-order valence-electron chi connectivity index (χ0n) is 15.0. The molecule has 0 atom stereocenters. The Hall–Kier alpha value is -2.69. The molecule has 3 aromatic rings. The summed E-state index contributed by atoms with van der Waals surface area (Å²) < 4.78 is 7.00. The lowest BCUT2D eigenvalue weighted by molar-refractivity contribution is -0.104. The summed E-state index contributed by atoms with van der Waals surface area (Å²) in [5.74, 6) is 0. The molecule has 27 heavy (non-hydrogen) atoms. The van der Waals surface area contributed by atoms with Gasteiger partial charge in [0.05, 0.1) is 12.3 Å². The van der Waals surface area contributed by atoms with Crippen molar-refractivity contribution in [3.05, 3.63) is 75.9 Å². The molecule has 5 heteroatoms. The SMILES string of the molecule is COCCn1c(C=O)cc2ccccc21.O=CC1=Cc2cccc(Cl)c2C1. The second-order valence-electron chi connectivity index (χ2n) is 6.21. The zero-order valence-corrected chi connectivity index (χ0v) is 15.8. The van der Waals surface area contributed by atoms with Crippen molar-refractivity contribution >= 4 is 41.2 Å². The number of ether oxygens (including phenoxy) is 1. The maximum absolute atomic E-state index is 10.9. The monoisotopic (exact) mass is 381 g/mol. The number of carbonyl (C=O) groups excluding carboxylic acids is 2. The van der Waals surface area contributed by atoms with Crippen LogP contribution >= 0.6 is 11.6 Å². The first-order valence-electron chi connectivity index (χ1n) is 8.63. The third kappa shape index (κ3) is 4.18. The van der Waals surface area contributed by atoms with Gasteiger partial charge >= 0.3 is 0 Å². The van der Waals surface area contributed by atoms with Gasteiger partial charge in [-0.15, -0.1) is 0 Å². The van der Waals surface area contributed by atoms with Crippen molar-refractivity contribution in [1.29, 1.82) is 0 Å². The lowest BCUT2D eigenvalue weighted by Crippen LogP contribution is -2.06. The van der Waals surface area contributed by atoms with Crippen LogP contribution in [0, 0.1) is 0 Å². The molecule has 4 nitrogen and oxygen atoms in total. The number of carbonyl (C=O) groups is 2. The van der Waals surface area contributed by atoms with Crippen LogP contribution in [0.1, 0.15) is 21.6 Å². The van der Waals surface area contributed by atoms with Gasteiger partial charge in [0.25, 0.3) is 0 Å². The van der Waals surface area contributed by atoms with Gasteiger partial charge in [-0.1, -0.05) is 41.9 Å². The highest BCUT2D eigenvalue weighted by molar-refractivity contribution is 6.31. The van der Waals surface area contributed by atoms with Crippen LogP contribution in [-0.2, 0) is 22.5 Å². The molecule has 0 amide bonds. The minimum atomic E-state index is 0.611. The van der Waals surface area contributed by atoms with Crippen molar-refractivity contribution in [2.24, 2.45) is 0 Å². The molecule has 0 bridgehead atoms. The third-order valence-corrected chi connectivity index (χ3v) is 4.86. The van der Waals surface area contributed by atoms with Crippen LogP contribution in [0.3, 0.4) is 0 Å². The fraction of sp³-hybridized carbons (Fsp3) is 0.182. The zero-order chi connectivity index (χ0) is 19.2. The normalized spacial score (nSPS) is 12.1. The first-order valence-corrected chi connectivity index (χ1v) is 9.01. The number of hydrogen-bond donors (Lipinski definition) is 0. The van der Waals surface area contributed by atoms with Crippen molar-refractivity contribution in [1.82, 2.24) is 4.57 Å². The number of rotatable bonds is 5. The summed E-state index contributed by atoms with van der Waals surface area (Å²) >= 11 is 5.94. The van der Waals surface area contributed by atoms with Crippen molar-refractivity contribution in [3.8, 4) is 0 Å². The molecule has 0 saturated heterocycles. The van der Waals surface area contributed by atoms with E-state index in [-0.39, 0.29) is 0 Å². The van der Waals surface area contributed by atoms with Crippen molar-refractivity contribution in [2.45, 2.75) is 13.0 Å². The van der Waals surface area contributed by atoms with Crippen LogP contribution in [0.5, 0.6) is 0 Å². The summed E-state index contributed by atoms with van der Waals surface area (Å²) in [6, 6.07) is 15.6. The Balaban J connectivity index is 0.000000159. The number of aromatic nitrogens is 1. The molecule has 4 rings (SSSR count). The summed E-state index contributed by atoms with van der Waals surface area (Å²) in [5.41, 5.74) is 4.73. The van der Waals surface area contributed by atoms with Gasteiger partial charge in [-0.25, -0.2) is 0 Å². The lowest BCUT2D eigenvalue weighted by Gasteiger charge is -2.06. The van der Waals surface area contributed by atoms with E-state index in [1.807, 2.05) is 59.2 Å². The van der Waals surface area contributed by atoms with Gasteiger partial charge in [0.1, 0.15) is 6.29 Å². The largest absolute Gasteiger partial charge is 0.383 e. The van der Waals surface area contributed by atoms with E-state index in [9.17, 15) is 9.59 Å². The van der Waals surface area contributed by atoms with Crippen LogP contribution in [-0.4, -0.2) is 30.9 Å². The highest BCUT2D eigenvalue weighted by Gasteiger charge is 2.13. The van der Waals surface area contributed by atoms with E-state index in [2.05, 4.69) is 0 Å². The Morgan fingerprint density at radius 3 is 2.63 bits per heavy atom. The fourth-order valence-corrected chi connectivity index (χ4v) is 3.44. The summed E-state index contributed by atoms with van der Waals surface area (Å²) in [7, 11) is 1.66. The molecular formula is C22H20ClNO3. The Labute approximate surface area is 163 Å². The Bertz CT molecular complexity index is 1000. The number of fused-ring (bicyclic) bond motifs is 2. The molecule has 0 radical (unpaired) electrons. The van der Waals surface area contributed by atoms with Crippen LogP contribution < -0.4 is 0 Å². The summed E-state index contributed by atoms with van der Waals surface area (Å²) in [6.07, 6.45) is 4.33. The van der Waals surface area contributed by atoms with E-state index >= 15 is 0 Å². The number of para-hydroxylation sites is 1. The number of benzene rings is 2. The van der Waals surface area contributed by atoms with Crippen molar-refractivity contribution < 1.29 is 14.3 Å². The Morgan fingerprint density at radius 1 is 1.11 bits per heavy atom. The topological polar surface area (TPSA) is 48.3 Å². The van der Waals surface area contributed by atoms with Gasteiger partial charge in [0.2, 0.25) is 0 Å². The molecule has 0 spiro atoms. The van der Waals surface area contributed by atoms with E-state index in [1.165, 1.54) is 0 Å². The molecule has 0 unspecified atom stereocenters. The molecule has 138 valence electrons. The molecule has 0 aliphatic heterocycles. The second kappa shape index (κ2) is 8.80. The van der Waals surface area contributed by atoms with Gasteiger partial charge in [-0.2, -0.15) is 0 Å². The standard InChI is InChI=1S/C12H13NO2.C10H7ClO/c1-15-7-6-13-11(9-14)8-10-4-2-3-5-12(10)13;11-10-3-1-2-8-4-7(6-12)5-9(8)10/h2-5,8-9H,6-7H2,1H3;1-4,6H,5H2. The van der Waals surface area contributed by atoms with Gasteiger partial charge in [0.15, 0.2) is 6.29 Å². The Kier molecular flexibility index (Phi) is 6.22. The maximum Gasteiger partial charge on any atom is 0.166 e. The maximum atomic E-state index is 10.9. The number of halogens is 1. The number of methoxy groups -OCH3 is 1. The highest BCUT2D eigenvalue weighted by Crippen LogP contribution is 2.29. The van der Waals surface area contributed by atoms with Gasteiger partial charge in [-0.3, -0.25) is 9.59 Å². The average molecular weight is 382 g/mol. The second-order valence-corrected chi connectivity index (χ2v) is 6.62. The van der Waals surface area contributed by atoms with Crippen LogP contribution in [0.25, 0.3) is 17.0 Å². The fourth-order valence-electron chi connectivity index (χ4n) is 3.19. The van der Waals surface area contributed by atoms with Crippen LogP contribution in [0.2, 0.25) is 5.02 Å². The van der Waals surface area contributed by atoms with Crippen LogP contribution in [0.4, 0.5) is 0 Å². The summed E-state index contributed by atoms with van der Waals surface area (Å²) in [6.45, 7) is 1.32. The number of allylic oxidation sites excluding steroid dienone is 1. The molecule has 1 heterocycles. The molecule has 2 aromatic carbocycles. The van der Waals surface area contributed by atoms with E-state index in [1.54, 1.807) is 7.11 Å². The van der Waals surface area contributed by atoms with Crippen molar-refractivity contribution in [3.63, 3.8) is 0 Å². The van der Waals surface area contributed by atoms with E-state index in [4.69, 9.17) is 16.3 Å². The van der Waals surface area contributed by atoms with E-state index in [0.717, 1.165) is 45.2 Å². The van der Waals surface area contributed by atoms with Gasteiger partial charge in [0, 0.05) is 36.0 Å². The predicted molar refractivity (Wildman–Crippen MR) is 108 cm³/mol. The molecular weight excluding hydrogens is 362 g/mol. The van der Waals surface area contributed by atoms with Gasteiger partial charge < -0.3 is 9.30 Å². The number of hydrogen-bond acceptors (Lipinski definition) is 3. The van der Waals surface area contributed by atoms with E-state index in [0.29, 0.717) is 25.3 Å². The molecule has 0 fully saturated rings. The predicted octanol–water partition coefficient (Wildman–Crippen LogP) is 4.58. The van der Waals surface area contributed by atoms with E-state index < -0.39 is 0 Å². The smallest absolute Gasteiger partial charge is 0.166 e. The summed E-state index contributed by atoms with van der Waals surface area (Å²) in [5, 5.41) is 1.84. The molecule has 0 saturated carbocycles. The molecule has 0 N–H and O–H groups in total. The minimum Gasteiger partial charge on any atom is -0.383 e. The third-order valence-electron chi connectivity index (χ3n) is 4.51. The highest BCUT2D eigenvalue weighted by atomic mass is 35.5. The first-order chi connectivity index (χ1) is 13.2. The summed E-state index contributed by atoms with van der Waals surface area (Å²) in [4.78, 5) is 21.4. The quantitative estimate of drug-likeness (QED) is 0.608. The lowest BCUT2D eigenvalue weighted by atomic mass is 10.1. The van der Waals surface area contributed by atoms with Gasteiger partial charge in [-0.05, 0) is 41.0 Å². The van der Waals surface area contributed by atoms with Crippen LogP contribution in [0.15, 0.2) is 54.1 Å². The number of aldehydes is 2.